The summed E-state index contributed by atoms with van der Waals surface area (Å²) in [5, 5.41) is -0.212. The van der Waals surface area contributed by atoms with E-state index in [1.807, 2.05) is 29.2 Å². The number of hydrogen-bond acceptors (Lipinski definition) is 5. The molecule has 1 fully saturated rings. The molecule has 0 radical (unpaired) electrons. The first-order valence-electron chi connectivity index (χ1n) is 8.01. The molecule has 0 unspecified atom stereocenters. The Balaban J connectivity index is 1.51. The molecule has 3 aromatic rings. The van der Waals surface area contributed by atoms with Crippen LogP contribution in [0.15, 0.2) is 51.8 Å². The van der Waals surface area contributed by atoms with Crippen molar-refractivity contribution in [3.05, 3.63) is 53.3 Å². The molecular formula is C17H15ClFN3O3S. The van der Waals surface area contributed by atoms with Crippen molar-refractivity contribution >= 4 is 38.7 Å². The van der Waals surface area contributed by atoms with Crippen molar-refractivity contribution in [1.82, 2.24) is 9.29 Å². The first-order valence-corrected chi connectivity index (χ1v) is 9.83. The molecule has 0 amide bonds. The highest BCUT2D eigenvalue weighted by atomic mass is 35.5. The number of halogens is 2. The van der Waals surface area contributed by atoms with Gasteiger partial charge in [0, 0.05) is 26.2 Å². The fourth-order valence-electron chi connectivity index (χ4n) is 2.90. The second kappa shape index (κ2) is 6.53. The minimum absolute atomic E-state index is 0.0146. The quantitative estimate of drug-likeness (QED) is 0.681. The van der Waals surface area contributed by atoms with Crippen LogP contribution in [0.3, 0.4) is 0 Å². The molecule has 0 aliphatic carbocycles. The zero-order chi connectivity index (χ0) is 18.3. The lowest BCUT2D eigenvalue weighted by Gasteiger charge is -2.33. The van der Waals surface area contributed by atoms with E-state index in [0.29, 0.717) is 24.7 Å². The molecule has 0 saturated carbocycles. The molecule has 6 nitrogen and oxygen atoms in total. The smallest absolute Gasteiger partial charge is 0.298 e. The maximum Gasteiger partial charge on any atom is 0.298 e. The predicted octanol–water partition coefficient (Wildman–Crippen LogP) is 3.13. The number of aromatic nitrogens is 1. The van der Waals surface area contributed by atoms with Crippen LogP contribution in [0.25, 0.3) is 11.1 Å². The number of nitrogens with zero attached hydrogens (tertiary/aromatic N) is 3. The maximum absolute atomic E-state index is 13.3. The Morgan fingerprint density at radius 3 is 2.50 bits per heavy atom. The van der Waals surface area contributed by atoms with Gasteiger partial charge in [-0.1, -0.05) is 23.7 Å². The Labute approximate surface area is 154 Å². The highest BCUT2D eigenvalue weighted by Gasteiger charge is 2.30. The second-order valence-electron chi connectivity index (χ2n) is 5.93. The minimum atomic E-state index is -3.73. The van der Waals surface area contributed by atoms with Crippen LogP contribution < -0.4 is 4.90 Å². The van der Waals surface area contributed by atoms with E-state index >= 15 is 0 Å². The first-order chi connectivity index (χ1) is 12.4. The Hall–Kier alpha value is -2.16. The van der Waals surface area contributed by atoms with Gasteiger partial charge in [-0.05, 0) is 30.3 Å². The molecule has 0 spiro atoms. The lowest BCUT2D eigenvalue weighted by molar-refractivity contribution is 0.373. The molecule has 1 aliphatic heterocycles. The molecule has 4 rings (SSSR count). The van der Waals surface area contributed by atoms with Crippen LogP contribution in [0.5, 0.6) is 0 Å². The molecular weight excluding hydrogens is 381 g/mol. The van der Waals surface area contributed by atoms with Gasteiger partial charge in [0.1, 0.15) is 11.3 Å². The van der Waals surface area contributed by atoms with Gasteiger partial charge in [0.15, 0.2) is 5.58 Å². The average molecular weight is 396 g/mol. The number of anilines is 1. The fraction of sp³-hybridized carbons (Fsp3) is 0.235. The number of para-hydroxylation sites is 2. The van der Waals surface area contributed by atoms with Gasteiger partial charge in [-0.25, -0.2) is 12.8 Å². The van der Waals surface area contributed by atoms with Crippen molar-refractivity contribution in [2.45, 2.75) is 4.90 Å². The highest BCUT2D eigenvalue weighted by molar-refractivity contribution is 7.89. The van der Waals surface area contributed by atoms with Crippen LogP contribution in [0, 0.1) is 5.82 Å². The number of hydrogen-bond donors (Lipinski definition) is 0. The zero-order valence-corrected chi connectivity index (χ0v) is 15.2. The largest absolute Gasteiger partial charge is 0.423 e. The van der Waals surface area contributed by atoms with E-state index in [9.17, 15) is 12.8 Å². The van der Waals surface area contributed by atoms with Crippen LogP contribution >= 0.6 is 11.6 Å². The third-order valence-electron chi connectivity index (χ3n) is 4.32. The highest BCUT2D eigenvalue weighted by Crippen LogP contribution is 2.26. The first kappa shape index (κ1) is 17.3. The third-order valence-corrected chi connectivity index (χ3v) is 6.50. The zero-order valence-electron chi connectivity index (χ0n) is 13.6. The summed E-state index contributed by atoms with van der Waals surface area (Å²) in [7, 11) is -3.73. The molecule has 0 N–H and O–H groups in total. The Morgan fingerprint density at radius 2 is 1.81 bits per heavy atom. The fourth-order valence-corrected chi connectivity index (χ4v) is 4.60. The van der Waals surface area contributed by atoms with Gasteiger partial charge in [0.05, 0.1) is 9.92 Å². The van der Waals surface area contributed by atoms with E-state index < -0.39 is 15.8 Å². The van der Waals surface area contributed by atoms with Crippen LogP contribution in [-0.4, -0.2) is 43.9 Å². The summed E-state index contributed by atoms with van der Waals surface area (Å²) in [5.74, 6) is -0.647. The Morgan fingerprint density at radius 1 is 1.08 bits per heavy atom. The predicted molar refractivity (Wildman–Crippen MR) is 96.4 cm³/mol. The van der Waals surface area contributed by atoms with E-state index in [-0.39, 0.29) is 23.0 Å². The minimum Gasteiger partial charge on any atom is -0.423 e. The summed E-state index contributed by atoms with van der Waals surface area (Å²) in [6.07, 6.45) is 0. The molecule has 1 saturated heterocycles. The van der Waals surface area contributed by atoms with Crippen molar-refractivity contribution in [3.8, 4) is 0 Å². The van der Waals surface area contributed by atoms with Crippen molar-refractivity contribution in [1.29, 1.82) is 0 Å². The standard InChI is InChI=1S/C17H15ClFN3O3S/c18-13-11-12(5-6-14(13)19)26(23,24)22-9-7-21(8-10-22)17-20-15-3-1-2-4-16(15)25-17/h1-6,11H,7-10H2. The van der Waals surface area contributed by atoms with Gasteiger partial charge in [-0.3, -0.25) is 0 Å². The topological polar surface area (TPSA) is 66.7 Å². The lowest BCUT2D eigenvalue weighted by Crippen LogP contribution is -2.48. The molecule has 9 heteroatoms. The normalized spacial score (nSPS) is 16.3. The summed E-state index contributed by atoms with van der Waals surface area (Å²) in [5.41, 5.74) is 1.46. The van der Waals surface area contributed by atoms with Gasteiger partial charge >= 0.3 is 0 Å². The van der Waals surface area contributed by atoms with Gasteiger partial charge in [-0.2, -0.15) is 9.29 Å². The molecule has 0 atom stereocenters. The van der Waals surface area contributed by atoms with Crippen LogP contribution in [-0.2, 0) is 10.0 Å². The van der Waals surface area contributed by atoms with E-state index in [1.54, 1.807) is 0 Å². The maximum atomic E-state index is 13.3. The molecule has 0 bridgehead atoms. The summed E-state index contributed by atoms with van der Waals surface area (Å²) < 4.78 is 45.8. The van der Waals surface area contributed by atoms with Crippen LogP contribution in [0.2, 0.25) is 5.02 Å². The van der Waals surface area contributed by atoms with Gasteiger partial charge in [0.2, 0.25) is 10.0 Å². The van der Waals surface area contributed by atoms with Crippen molar-refractivity contribution < 1.29 is 17.2 Å². The molecule has 1 aromatic heterocycles. The second-order valence-corrected chi connectivity index (χ2v) is 8.28. The Bertz CT molecular complexity index is 1030. The summed E-state index contributed by atoms with van der Waals surface area (Å²) in [6, 6.07) is 11.4. The number of rotatable bonds is 3. The van der Waals surface area contributed by atoms with E-state index in [0.717, 1.165) is 17.6 Å². The van der Waals surface area contributed by atoms with Gasteiger partial charge in [0.25, 0.3) is 6.01 Å². The molecule has 136 valence electrons. The van der Waals surface area contributed by atoms with Crippen molar-refractivity contribution in [2.75, 3.05) is 31.1 Å². The van der Waals surface area contributed by atoms with Crippen molar-refractivity contribution in [2.24, 2.45) is 0 Å². The van der Waals surface area contributed by atoms with E-state index in [1.165, 1.54) is 10.4 Å². The van der Waals surface area contributed by atoms with Crippen LogP contribution in [0.1, 0.15) is 0 Å². The SMILES string of the molecule is O=S(=O)(c1ccc(F)c(Cl)c1)N1CCN(c2nc3ccccc3o2)CC1. The molecule has 2 aromatic carbocycles. The van der Waals surface area contributed by atoms with Gasteiger partial charge in [-0.15, -0.1) is 0 Å². The van der Waals surface area contributed by atoms with Gasteiger partial charge < -0.3 is 9.32 Å². The van der Waals surface area contributed by atoms with Crippen LogP contribution in [0.4, 0.5) is 10.4 Å². The number of oxazole rings is 1. The monoisotopic (exact) mass is 395 g/mol. The lowest BCUT2D eigenvalue weighted by atomic mass is 10.3. The summed E-state index contributed by atoms with van der Waals surface area (Å²) >= 11 is 5.71. The van der Waals surface area contributed by atoms with E-state index in [4.69, 9.17) is 16.0 Å². The average Bonchev–Trinajstić information content (AvgIpc) is 3.08. The number of sulfonamides is 1. The number of benzene rings is 2. The molecule has 1 aliphatic rings. The molecule has 26 heavy (non-hydrogen) atoms. The van der Waals surface area contributed by atoms with Crippen molar-refractivity contribution in [3.63, 3.8) is 0 Å². The summed E-state index contributed by atoms with van der Waals surface area (Å²) in [6.45, 7) is 1.44. The summed E-state index contributed by atoms with van der Waals surface area (Å²) in [4.78, 5) is 6.33. The Kier molecular flexibility index (Phi) is 4.34. The molecule has 2 heterocycles. The third kappa shape index (κ3) is 3.04. The number of piperazine rings is 1. The van der Waals surface area contributed by atoms with E-state index in [2.05, 4.69) is 4.98 Å². The number of fused-ring (bicyclic) bond motifs is 1.